The Bertz CT molecular complexity index is 525. The summed E-state index contributed by atoms with van der Waals surface area (Å²) in [5.41, 5.74) is 0. The summed E-state index contributed by atoms with van der Waals surface area (Å²) in [6.07, 6.45) is 4.96. The Morgan fingerprint density at radius 3 is 2.40 bits per heavy atom. The number of carbonyl (C=O) groups excluding carboxylic acids is 1. The minimum atomic E-state index is -2.95. The summed E-state index contributed by atoms with van der Waals surface area (Å²) < 4.78 is 22.7. The van der Waals surface area contributed by atoms with E-state index >= 15 is 0 Å². The number of allylic oxidation sites excluding steroid dienone is 2. The van der Waals surface area contributed by atoms with Crippen LogP contribution in [0, 0.1) is 17.8 Å². The fourth-order valence-corrected chi connectivity index (χ4v) is 4.65. The van der Waals surface area contributed by atoms with Crippen molar-refractivity contribution < 1.29 is 23.1 Å². The lowest BCUT2D eigenvalue weighted by molar-refractivity contribution is -0.147. The van der Waals surface area contributed by atoms with Crippen molar-refractivity contribution in [1.29, 1.82) is 0 Å². The van der Waals surface area contributed by atoms with Gasteiger partial charge in [-0.25, -0.2) is 8.42 Å². The number of carboxylic acid groups (broad SMARTS) is 1. The highest BCUT2D eigenvalue weighted by molar-refractivity contribution is 7.91. The van der Waals surface area contributed by atoms with Gasteiger partial charge in [-0.2, -0.15) is 0 Å². The van der Waals surface area contributed by atoms with Crippen molar-refractivity contribution in [2.45, 2.75) is 19.3 Å². The maximum absolute atomic E-state index is 12.1. The maximum atomic E-state index is 12.1. The van der Waals surface area contributed by atoms with E-state index in [4.69, 9.17) is 5.11 Å². The van der Waals surface area contributed by atoms with E-state index in [0.29, 0.717) is 25.8 Å². The molecule has 2 rings (SSSR count). The number of hydrogen-bond acceptors (Lipinski definition) is 4. The van der Waals surface area contributed by atoms with Gasteiger partial charge in [0.05, 0.1) is 23.3 Å². The Kier molecular flexibility index (Phi) is 4.47. The van der Waals surface area contributed by atoms with Crippen molar-refractivity contribution in [3.63, 3.8) is 0 Å². The van der Waals surface area contributed by atoms with Crippen LogP contribution in [0.1, 0.15) is 19.3 Å². The van der Waals surface area contributed by atoms with Crippen LogP contribution in [0.15, 0.2) is 12.2 Å². The first-order valence-corrected chi connectivity index (χ1v) is 8.57. The van der Waals surface area contributed by atoms with Crippen molar-refractivity contribution in [2.24, 2.45) is 17.8 Å². The van der Waals surface area contributed by atoms with E-state index in [-0.39, 0.29) is 23.3 Å². The van der Waals surface area contributed by atoms with E-state index in [1.54, 1.807) is 6.08 Å². The van der Waals surface area contributed by atoms with Crippen molar-refractivity contribution in [3.05, 3.63) is 12.2 Å². The summed E-state index contributed by atoms with van der Waals surface area (Å²) in [6.45, 7) is 0.310. The number of carbonyl (C=O) groups is 2. The summed E-state index contributed by atoms with van der Waals surface area (Å²) >= 11 is 0. The normalized spacial score (nSPS) is 31.9. The molecule has 1 saturated heterocycles. The zero-order chi connectivity index (χ0) is 14.8. The van der Waals surface area contributed by atoms with E-state index < -0.39 is 27.6 Å². The van der Waals surface area contributed by atoms with Crippen LogP contribution < -0.4 is 5.32 Å². The van der Waals surface area contributed by atoms with Gasteiger partial charge >= 0.3 is 5.97 Å². The summed E-state index contributed by atoms with van der Waals surface area (Å²) in [5.74, 6) is -2.25. The van der Waals surface area contributed by atoms with Crippen molar-refractivity contribution in [2.75, 3.05) is 18.1 Å². The quantitative estimate of drug-likeness (QED) is 0.723. The molecule has 0 aromatic carbocycles. The molecular weight excluding hydrogens is 282 g/mol. The average Bonchev–Trinajstić information content (AvgIpc) is 2.75. The first-order valence-electron chi connectivity index (χ1n) is 6.75. The molecule has 112 valence electrons. The third-order valence-corrected chi connectivity index (χ3v) is 5.82. The van der Waals surface area contributed by atoms with Crippen LogP contribution in [0.2, 0.25) is 0 Å². The standard InChI is InChI=1S/C13H19NO5S/c15-12(10-3-1-2-4-11(10)13(16)17)14-7-9-5-6-20(18,19)8-9/h1-2,9-11H,3-8H2,(H,14,15)(H,16,17)/t9?,10-,11+/m1/s1. The molecule has 0 spiro atoms. The highest BCUT2D eigenvalue weighted by Crippen LogP contribution is 2.26. The van der Waals surface area contributed by atoms with Gasteiger partial charge in [0.1, 0.15) is 0 Å². The second-order valence-corrected chi connectivity index (χ2v) is 7.74. The largest absolute Gasteiger partial charge is 0.481 e. The van der Waals surface area contributed by atoms with Gasteiger partial charge in [-0.3, -0.25) is 9.59 Å². The maximum Gasteiger partial charge on any atom is 0.307 e. The summed E-state index contributed by atoms with van der Waals surface area (Å²) in [6, 6.07) is 0. The molecule has 1 heterocycles. The molecule has 1 aliphatic carbocycles. The molecule has 2 aliphatic rings. The van der Waals surface area contributed by atoms with Crippen LogP contribution in [-0.2, 0) is 19.4 Å². The summed E-state index contributed by atoms with van der Waals surface area (Å²) in [5, 5.41) is 11.8. The second kappa shape index (κ2) is 5.95. The Hall–Kier alpha value is -1.37. The summed E-state index contributed by atoms with van der Waals surface area (Å²) in [4.78, 5) is 23.2. The van der Waals surface area contributed by atoms with Gasteiger partial charge in [-0.1, -0.05) is 12.2 Å². The van der Waals surface area contributed by atoms with Crippen LogP contribution >= 0.6 is 0 Å². The Morgan fingerprint density at radius 2 is 1.85 bits per heavy atom. The number of hydrogen-bond donors (Lipinski definition) is 2. The lowest BCUT2D eigenvalue weighted by Crippen LogP contribution is -2.40. The molecule has 2 N–H and O–H groups in total. The highest BCUT2D eigenvalue weighted by Gasteiger charge is 2.35. The van der Waals surface area contributed by atoms with Crippen LogP contribution in [0.4, 0.5) is 0 Å². The predicted molar refractivity (Wildman–Crippen MR) is 72.8 cm³/mol. The molecule has 6 nitrogen and oxygen atoms in total. The van der Waals surface area contributed by atoms with Gasteiger partial charge in [0.25, 0.3) is 0 Å². The van der Waals surface area contributed by atoms with E-state index in [2.05, 4.69) is 5.32 Å². The number of nitrogens with one attached hydrogen (secondary N) is 1. The lowest BCUT2D eigenvalue weighted by Gasteiger charge is -2.24. The zero-order valence-electron chi connectivity index (χ0n) is 11.1. The first kappa shape index (κ1) is 15.0. The van der Waals surface area contributed by atoms with E-state index in [0.717, 1.165) is 0 Å². The van der Waals surface area contributed by atoms with Gasteiger partial charge in [-0.15, -0.1) is 0 Å². The van der Waals surface area contributed by atoms with Crippen LogP contribution in [0.3, 0.4) is 0 Å². The summed E-state index contributed by atoms with van der Waals surface area (Å²) in [7, 11) is -2.95. The highest BCUT2D eigenvalue weighted by atomic mass is 32.2. The third kappa shape index (κ3) is 3.59. The smallest absolute Gasteiger partial charge is 0.307 e. The molecule has 0 saturated carbocycles. The Balaban J connectivity index is 1.88. The zero-order valence-corrected chi connectivity index (χ0v) is 11.9. The fraction of sp³-hybridized carbons (Fsp3) is 0.692. The lowest BCUT2D eigenvalue weighted by atomic mass is 9.82. The second-order valence-electron chi connectivity index (χ2n) is 5.51. The molecule has 3 atom stereocenters. The van der Waals surface area contributed by atoms with Crippen molar-refractivity contribution in [3.8, 4) is 0 Å². The van der Waals surface area contributed by atoms with Crippen LogP contribution in [0.25, 0.3) is 0 Å². The molecule has 20 heavy (non-hydrogen) atoms. The first-order chi connectivity index (χ1) is 9.39. The molecule has 1 fully saturated rings. The molecule has 1 amide bonds. The van der Waals surface area contributed by atoms with Gasteiger partial charge < -0.3 is 10.4 Å². The van der Waals surface area contributed by atoms with Gasteiger partial charge in [0, 0.05) is 6.54 Å². The van der Waals surface area contributed by atoms with Crippen molar-refractivity contribution >= 4 is 21.7 Å². The molecule has 0 aromatic heterocycles. The Morgan fingerprint density at radius 1 is 1.20 bits per heavy atom. The number of carboxylic acids is 1. The van der Waals surface area contributed by atoms with E-state index in [1.807, 2.05) is 6.08 Å². The number of sulfone groups is 1. The molecule has 0 radical (unpaired) electrons. The molecule has 7 heteroatoms. The van der Waals surface area contributed by atoms with Crippen LogP contribution in [-0.4, -0.2) is 43.5 Å². The van der Waals surface area contributed by atoms with E-state index in [1.165, 1.54) is 0 Å². The van der Waals surface area contributed by atoms with Crippen LogP contribution in [0.5, 0.6) is 0 Å². The van der Waals surface area contributed by atoms with E-state index in [9.17, 15) is 18.0 Å². The SMILES string of the molecule is O=C(O)[C@H]1CC=CC[C@H]1C(=O)NCC1CCS(=O)(=O)C1. The fourth-order valence-electron chi connectivity index (χ4n) is 2.79. The van der Waals surface area contributed by atoms with Gasteiger partial charge in [0.2, 0.25) is 5.91 Å². The minimum Gasteiger partial charge on any atom is -0.481 e. The predicted octanol–water partition coefficient (Wildman–Crippen LogP) is 0.204. The molecule has 1 aliphatic heterocycles. The van der Waals surface area contributed by atoms with Gasteiger partial charge in [-0.05, 0) is 25.2 Å². The Labute approximate surface area is 118 Å². The average molecular weight is 301 g/mol. The number of aliphatic carboxylic acids is 1. The topological polar surface area (TPSA) is 101 Å². The number of amides is 1. The molecule has 0 bridgehead atoms. The number of rotatable bonds is 4. The van der Waals surface area contributed by atoms with Gasteiger partial charge in [0.15, 0.2) is 9.84 Å². The molecular formula is C13H19NO5S. The molecule has 1 unspecified atom stereocenters. The minimum absolute atomic E-state index is 0.0497. The van der Waals surface area contributed by atoms with Crippen molar-refractivity contribution in [1.82, 2.24) is 5.32 Å². The molecule has 0 aromatic rings. The third-order valence-electron chi connectivity index (χ3n) is 3.98. The monoisotopic (exact) mass is 301 g/mol.